The van der Waals surface area contributed by atoms with Gasteiger partial charge in [-0.15, -0.1) is 0 Å². The van der Waals surface area contributed by atoms with Crippen LogP contribution in [0.15, 0.2) is 48.8 Å². The van der Waals surface area contributed by atoms with E-state index in [1.165, 1.54) is 0 Å². The van der Waals surface area contributed by atoms with Gasteiger partial charge in [0.2, 0.25) is 11.8 Å². The molecule has 0 radical (unpaired) electrons. The van der Waals surface area contributed by atoms with Gasteiger partial charge in [0.05, 0.1) is 6.20 Å². The van der Waals surface area contributed by atoms with Gasteiger partial charge < -0.3 is 9.80 Å². The van der Waals surface area contributed by atoms with E-state index in [9.17, 15) is 9.59 Å². The van der Waals surface area contributed by atoms with E-state index in [1.807, 2.05) is 61.6 Å². The van der Waals surface area contributed by atoms with Gasteiger partial charge in [0.1, 0.15) is 0 Å². The number of hydrogen-bond donors (Lipinski definition) is 0. The zero-order valence-electron chi connectivity index (χ0n) is 15.9. The molecule has 1 aromatic heterocycles. The first-order chi connectivity index (χ1) is 13.0. The normalized spacial score (nSPS) is 15.3. The molecule has 2 heterocycles. The van der Waals surface area contributed by atoms with Crippen molar-refractivity contribution in [2.24, 2.45) is 13.0 Å². The molecule has 1 saturated heterocycles. The molecule has 0 unspecified atom stereocenters. The lowest BCUT2D eigenvalue weighted by molar-refractivity contribution is -0.138. The minimum Gasteiger partial charge on any atom is -0.341 e. The minimum absolute atomic E-state index is 0.00784. The Morgan fingerprint density at radius 2 is 1.93 bits per heavy atom. The maximum Gasteiger partial charge on any atom is 0.246 e. The maximum absolute atomic E-state index is 12.7. The van der Waals surface area contributed by atoms with E-state index >= 15 is 0 Å². The first kappa shape index (κ1) is 18.9. The number of nitrogens with zero attached hydrogens (tertiary/aromatic N) is 4. The molecular formula is C21H26N4O2. The van der Waals surface area contributed by atoms with E-state index in [1.54, 1.807) is 21.9 Å². The van der Waals surface area contributed by atoms with Gasteiger partial charge in [0, 0.05) is 57.5 Å². The average molecular weight is 366 g/mol. The Kier molecular flexibility index (Phi) is 6.06. The Morgan fingerprint density at radius 3 is 2.56 bits per heavy atom. The van der Waals surface area contributed by atoms with Crippen LogP contribution >= 0.6 is 0 Å². The Hall–Kier alpha value is -2.89. The quantitative estimate of drug-likeness (QED) is 0.763. The van der Waals surface area contributed by atoms with Gasteiger partial charge in [0.15, 0.2) is 0 Å². The van der Waals surface area contributed by atoms with Crippen LogP contribution in [0.4, 0.5) is 0 Å². The lowest BCUT2D eigenvalue weighted by Crippen LogP contribution is -2.42. The number of rotatable bonds is 5. The van der Waals surface area contributed by atoms with Crippen molar-refractivity contribution in [3.63, 3.8) is 0 Å². The smallest absolute Gasteiger partial charge is 0.246 e. The number of piperidine rings is 1. The van der Waals surface area contributed by atoms with Crippen LogP contribution in [0.2, 0.25) is 0 Å². The summed E-state index contributed by atoms with van der Waals surface area (Å²) < 4.78 is 1.74. The molecule has 1 aliphatic rings. The second-order valence-electron chi connectivity index (χ2n) is 7.06. The highest BCUT2D eigenvalue weighted by molar-refractivity contribution is 5.92. The van der Waals surface area contributed by atoms with Crippen LogP contribution < -0.4 is 0 Å². The fourth-order valence-electron chi connectivity index (χ4n) is 3.40. The van der Waals surface area contributed by atoms with Crippen molar-refractivity contribution in [3.8, 4) is 0 Å². The summed E-state index contributed by atoms with van der Waals surface area (Å²) in [5, 5.41) is 4.14. The molecule has 0 bridgehead atoms. The molecule has 0 atom stereocenters. The van der Waals surface area contributed by atoms with Crippen LogP contribution in [0.3, 0.4) is 0 Å². The SMILES string of the molecule is CN(Cc1cnn(C)c1)C(=O)C1CCN(C(=O)/C=C/c2ccccc2)CC1. The predicted molar refractivity (Wildman–Crippen MR) is 104 cm³/mol. The highest BCUT2D eigenvalue weighted by atomic mass is 16.2. The summed E-state index contributed by atoms with van der Waals surface area (Å²) in [6, 6.07) is 9.78. The number of amides is 2. The molecule has 142 valence electrons. The van der Waals surface area contributed by atoms with E-state index in [4.69, 9.17) is 0 Å². The van der Waals surface area contributed by atoms with Crippen molar-refractivity contribution < 1.29 is 9.59 Å². The van der Waals surface area contributed by atoms with Crippen LogP contribution in [0.5, 0.6) is 0 Å². The first-order valence-corrected chi connectivity index (χ1v) is 9.27. The van der Waals surface area contributed by atoms with Crippen molar-refractivity contribution in [2.75, 3.05) is 20.1 Å². The van der Waals surface area contributed by atoms with E-state index in [2.05, 4.69) is 5.10 Å². The van der Waals surface area contributed by atoms with Crippen LogP contribution in [0.1, 0.15) is 24.0 Å². The van der Waals surface area contributed by atoms with Crippen molar-refractivity contribution in [1.29, 1.82) is 0 Å². The Balaban J connectivity index is 1.48. The van der Waals surface area contributed by atoms with Gasteiger partial charge in [-0.3, -0.25) is 14.3 Å². The van der Waals surface area contributed by atoms with Gasteiger partial charge in [0.25, 0.3) is 0 Å². The highest BCUT2D eigenvalue weighted by Crippen LogP contribution is 2.20. The summed E-state index contributed by atoms with van der Waals surface area (Å²) in [5.74, 6) is 0.132. The zero-order valence-corrected chi connectivity index (χ0v) is 15.9. The van der Waals surface area contributed by atoms with Crippen LogP contribution in [0.25, 0.3) is 6.08 Å². The molecule has 27 heavy (non-hydrogen) atoms. The molecule has 0 aliphatic carbocycles. The maximum atomic E-state index is 12.7. The third kappa shape index (κ3) is 5.06. The van der Waals surface area contributed by atoms with Crippen molar-refractivity contribution in [1.82, 2.24) is 19.6 Å². The molecule has 0 saturated carbocycles. The molecule has 6 nitrogen and oxygen atoms in total. The fraction of sp³-hybridized carbons (Fsp3) is 0.381. The summed E-state index contributed by atoms with van der Waals surface area (Å²) in [6.45, 7) is 1.80. The lowest BCUT2D eigenvalue weighted by Gasteiger charge is -2.32. The van der Waals surface area contributed by atoms with Crippen LogP contribution in [0, 0.1) is 5.92 Å². The van der Waals surface area contributed by atoms with E-state index < -0.39 is 0 Å². The number of carbonyl (C=O) groups is 2. The Morgan fingerprint density at radius 1 is 1.22 bits per heavy atom. The largest absolute Gasteiger partial charge is 0.341 e. The molecule has 3 rings (SSSR count). The third-order valence-electron chi connectivity index (χ3n) is 4.93. The topological polar surface area (TPSA) is 58.4 Å². The summed E-state index contributed by atoms with van der Waals surface area (Å²) in [5.41, 5.74) is 2.03. The van der Waals surface area contributed by atoms with Gasteiger partial charge in [-0.1, -0.05) is 30.3 Å². The Labute approximate surface area is 160 Å². The average Bonchev–Trinajstić information content (AvgIpc) is 3.11. The van der Waals surface area contributed by atoms with Gasteiger partial charge in [-0.2, -0.15) is 5.10 Å². The monoisotopic (exact) mass is 366 g/mol. The molecule has 1 aromatic carbocycles. The standard InChI is InChI=1S/C21H26N4O2/c1-23(15-18-14-22-24(2)16-18)21(27)19-10-12-25(13-11-19)20(26)9-8-17-6-4-3-5-7-17/h3-9,14,16,19H,10-13,15H2,1-2H3/b9-8+. The van der Waals surface area contributed by atoms with Gasteiger partial charge in [-0.25, -0.2) is 0 Å². The third-order valence-corrected chi connectivity index (χ3v) is 4.93. The first-order valence-electron chi connectivity index (χ1n) is 9.27. The highest BCUT2D eigenvalue weighted by Gasteiger charge is 2.28. The van der Waals surface area contributed by atoms with E-state index in [-0.39, 0.29) is 17.7 Å². The lowest BCUT2D eigenvalue weighted by atomic mass is 9.95. The summed E-state index contributed by atoms with van der Waals surface area (Å²) >= 11 is 0. The molecule has 2 aromatic rings. The number of benzene rings is 1. The second-order valence-corrected chi connectivity index (χ2v) is 7.06. The predicted octanol–water partition coefficient (Wildman–Crippen LogP) is 2.33. The Bertz CT molecular complexity index is 805. The van der Waals surface area contributed by atoms with Crippen molar-refractivity contribution in [2.45, 2.75) is 19.4 Å². The number of likely N-dealkylation sites (tertiary alicyclic amines) is 1. The fourth-order valence-corrected chi connectivity index (χ4v) is 3.40. The van der Waals surface area contributed by atoms with Crippen LogP contribution in [-0.4, -0.2) is 51.5 Å². The molecular weight excluding hydrogens is 340 g/mol. The molecule has 0 spiro atoms. The minimum atomic E-state index is -0.0196. The zero-order chi connectivity index (χ0) is 19.2. The van der Waals surface area contributed by atoms with Crippen molar-refractivity contribution in [3.05, 3.63) is 59.9 Å². The molecule has 6 heteroatoms. The number of aryl methyl sites for hydroxylation is 1. The van der Waals surface area contributed by atoms with Crippen molar-refractivity contribution >= 4 is 17.9 Å². The molecule has 0 N–H and O–H groups in total. The van der Waals surface area contributed by atoms with E-state index in [0.29, 0.717) is 32.5 Å². The molecule has 1 fully saturated rings. The van der Waals surface area contributed by atoms with E-state index in [0.717, 1.165) is 11.1 Å². The van der Waals surface area contributed by atoms with Crippen LogP contribution in [-0.2, 0) is 23.2 Å². The summed E-state index contributed by atoms with van der Waals surface area (Å²) in [4.78, 5) is 28.6. The molecule has 2 amide bonds. The second kappa shape index (κ2) is 8.66. The number of aromatic nitrogens is 2. The number of carbonyl (C=O) groups excluding carboxylic acids is 2. The summed E-state index contributed by atoms with van der Waals surface area (Å²) in [7, 11) is 3.69. The van der Waals surface area contributed by atoms with Gasteiger partial charge >= 0.3 is 0 Å². The summed E-state index contributed by atoms with van der Waals surface area (Å²) in [6.07, 6.45) is 8.57. The number of hydrogen-bond acceptors (Lipinski definition) is 3. The van der Waals surface area contributed by atoms with Gasteiger partial charge in [-0.05, 0) is 24.5 Å². The molecule has 1 aliphatic heterocycles.